The van der Waals surface area contributed by atoms with E-state index in [1.807, 2.05) is 32.2 Å². The molecule has 2 N–H and O–H groups in total. The number of hydrogen-bond acceptors (Lipinski definition) is 5. The maximum absolute atomic E-state index is 12.5. The summed E-state index contributed by atoms with van der Waals surface area (Å²) in [6.07, 6.45) is 5.78. The lowest BCUT2D eigenvalue weighted by atomic mass is 9.82. The Hall–Kier alpha value is -2.77. The van der Waals surface area contributed by atoms with Gasteiger partial charge in [0.15, 0.2) is 0 Å². The second-order valence-corrected chi connectivity index (χ2v) is 11.5. The van der Waals surface area contributed by atoms with E-state index in [9.17, 15) is 4.79 Å². The van der Waals surface area contributed by atoms with Gasteiger partial charge in [0.2, 0.25) is 11.9 Å². The van der Waals surface area contributed by atoms with Crippen LogP contribution in [0.3, 0.4) is 0 Å². The molecule has 0 spiro atoms. The molecule has 3 aromatic rings. The number of benzene rings is 2. The first kappa shape index (κ1) is 24.9. The first-order chi connectivity index (χ1) is 17.2. The molecular weight excluding hydrogens is 514 g/mol. The average molecular weight is 549 g/mol. The van der Waals surface area contributed by atoms with Crippen molar-refractivity contribution < 1.29 is 4.79 Å². The highest BCUT2D eigenvalue weighted by Gasteiger charge is 2.39. The summed E-state index contributed by atoms with van der Waals surface area (Å²) in [5.74, 6) is 1.29. The molecule has 188 valence electrons. The van der Waals surface area contributed by atoms with Crippen LogP contribution in [0.25, 0.3) is 0 Å². The lowest BCUT2D eigenvalue weighted by Gasteiger charge is -2.29. The summed E-state index contributed by atoms with van der Waals surface area (Å²) in [6.45, 7) is 8.44. The Balaban J connectivity index is 1.30. The molecule has 1 saturated heterocycles. The quantitative estimate of drug-likeness (QED) is 0.389. The van der Waals surface area contributed by atoms with Gasteiger partial charge in [-0.25, -0.2) is 9.97 Å². The van der Waals surface area contributed by atoms with Crippen molar-refractivity contribution in [2.24, 2.45) is 0 Å². The van der Waals surface area contributed by atoms with Gasteiger partial charge in [-0.15, -0.1) is 0 Å². The number of anilines is 3. The number of halogens is 1. The molecule has 2 aromatic carbocycles. The van der Waals surface area contributed by atoms with Crippen LogP contribution in [0, 0.1) is 6.92 Å². The molecule has 0 saturated carbocycles. The lowest BCUT2D eigenvalue weighted by molar-refractivity contribution is -0.119. The molecule has 0 bridgehead atoms. The van der Waals surface area contributed by atoms with E-state index < -0.39 is 5.41 Å². The van der Waals surface area contributed by atoms with Gasteiger partial charge in [0.1, 0.15) is 0 Å². The second kappa shape index (κ2) is 9.94. The van der Waals surface area contributed by atoms with Crippen molar-refractivity contribution in [2.75, 3.05) is 30.8 Å². The fourth-order valence-corrected chi connectivity index (χ4v) is 5.87. The highest BCUT2D eigenvalue weighted by Crippen LogP contribution is 2.40. The highest BCUT2D eigenvalue weighted by molar-refractivity contribution is 9.10. The van der Waals surface area contributed by atoms with E-state index in [2.05, 4.69) is 74.7 Å². The number of carbonyl (C=O) groups is 1. The molecule has 7 heteroatoms. The van der Waals surface area contributed by atoms with Crippen LogP contribution in [0.2, 0.25) is 0 Å². The number of likely N-dealkylation sites (tertiary alicyclic amines) is 1. The van der Waals surface area contributed by atoms with Crippen LogP contribution in [0.1, 0.15) is 60.6 Å². The van der Waals surface area contributed by atoms with Crippen molar-refractivity contribution in [1.82, 2.24) is 14.9 Å². The summed E-state index contributed by atoms with van der Waals surface area (Å²) >= 11 is 3.63. The van der Waals surface area contributed by atoms with E-state index in [0.29, 0.717) is 11.9 Å². The second-order valence-electron chi connectivity index (χ2n) is 10.7. The SMILES string of the molecule is Cc1cc(C2CCN(C)CC2)ccc1Nc1ncc(Br)c(CCc2cccc3c2C(C)(C)C(=O)N3)n1. The number of nitrogens with zero attached hydrogens (tertiary/aromatic N) is 3. The number of amides is 1. The van der Waals surface area contributed by atoms with Gasteiger partial charge in [-0.1, -0.05) is 24.3 Å². The third kappa shape index (κ3) is 4.91. The lowest BCUT2D eigenvalue weighted by Crippen LogP contribution is -2.29. The molecule has 2 aliphatic rings. The van der Waals surface area contributed by atoms with E-state index in [-0.39, 0.29) is 5.91 Å². The number of hydrogen-bond donors (Lipinski definition) is 2. The topological polar surface area (TPSA) is 70.2 Å². The van der Waals surface area contributed by atoms with Crippen molar-refractivity contribution in [2.45, 2.75) is 57.8 Å². The largest absolute Gasteiger partial charge is 0.325 e. The van der Waals surface area contributed by atoms with Crippen LogP contribution in [0.15, 0.2) is 47.1 Å². The van der Waals surface area contributed by atoms with Crippen molar-refractivity contribution in [3.05, 3.63) is 75.0 Å². The predicted octanol–water partition coefficient (Wildman–Crippen LogP) is 6.12. The Kier molecular flexibility index (Phi) is 6.88. The Labute approximate surface area is 222 Å². The van der Waals surface area contributed by atoms with Crippen LogP contribution in [0.5, 0.6) is 0 Å². The molecule has 0 aliphatic carbocycles. The number of fused-ring (bicyclic) bond motifs is 1. The van der Waals surface area contributed by atoms with Gasteiger partial charge in [0.25, 0.3) is 0 Å². The third-order valence-electron chi connectivity index (χ3n) is 7.73. The van der Waals surface area contributed by atoms with Crippen molar-refractivity contribution in [1.29, 1.82) is 0 Å². The Morgan fingerprint density at radius 2 is 1.94 bits per heavy atom. The minimum absolute atomic E-state index is 0.0527. The van der Waals surface area contributed by atoms with Crippen LogP contribution in [0.4, 0.5) is 17.3 Å². The normalized spacial score (nSPS) is 17.6. The first-order valence-electron chi connectivity index (χ1n) is 12.7. The minimum Gasteiger partial charge on any atom is -0.325 e. The zero-order chi connectivity index (χ0) is 25.4. The Morgan fingerprint density at radius 3 is 2.69 bits per heavy atom. The summed E-state index contributed by atoms with van der Waals surface area (Å²) in [6, 6.07) is 12.8. The molecule has 0 radical (unpaired) electrons. The van der Waals surface area contributed by atoms with Crippen LogP contribution < -0.4 is 10.6 Å². The van der Waals surface area contributed by atoms with Crippen LogP contribution in [-0.2, 0) is 23.1 Å². The van der Waals surface area contributed by atoms with Gasteiger partial charge in [0.05, 0.1) is 15.6 Å². The summed E-state index contributed by atoms with van der Waals surface area (Å²) in [5, 5.41) is 6.45. The fourth-order valence-electron chi connectivity index (χ4n) is 5.48. The molecule has 5 rings (SSSR count). The third-order valence-corrected chi connectivity index (χ3v) is 8.39. The van der Waals surface area contributed by atoms with Crippen LogP contribution in [-0.4, -0.2) is 40.9 Å². The zero-order valence-corrected chi connectivity index (χ0v) is 23.1. The predicted molar refractivity (Wildman–Crippen MR) is 149 cm³/mol. The molecule has 2 aliphatic heterocycles. The van der Waals surface area contributed by atoms with Crippen molar-refractivity contribution >= 4 is 39.2 Å². The number of aryl methyl sites for hydroxylation is 3. The molecule has 3 heterocycles. The van der Waals surface area contributed by atoms with Crippen LogP contribution >= 0.6 is 15.9 Å². The van der Waals surface area contributed by atoms with E-state index in [1.165, 1.54) is 29.5 Å². The van der Waals surface area contributed by atoms with Crippen molar-refractivity contribution in [3.63, 3.8) is 0 Å². The Bertz CT molecular complexity index is 1300. The summed E-state index contributed by atoms with van der Waals surface area (Å²) in [5.41, 5.74) is 7.28. The maximum atomic E-state index is 12.5. The van der Waals surface area contributed by atoms with Gasteiger partial charge >= 0.3 is 0 Å². The fraction of sp³-hybridized carbons (Fsp3) is 0.414. The molecule has 1 amide bonds. The maximum Gasteiger partial charge on any atom is 0.234 e. The Morgan fingerprint density at radius 1 is 1.17 bits per heavy atom. The molecule has 0 atom stereocenters. The zero-order valence-electron chi connectivity index (χ0n) is 21.5. The van der Waals surface area contributed by atoms with Crippen molar-refractivity contribution in [3.8, 4) is 0 Å². The van der Waals surface area contributed by atoms with Gasteiger partial charge in [0, 0.05) is 17.6 Å². The molecular formula is C29H34BrN5O. The summed E-state index contributed by atoms with van der Waals surface area (Å²) in [7, 11) is 2.20. The molecule has 1 aromatic heterocycles. The number of piperidine rings is 1. The van der Waals surface area contributed by atoms with Gasteiger partial charge in [-0.3, -0.25) is 4.79 Å². The van der Waals surface area contributed by atoms with E-state index >= 15 is 0 Å². The molecule has 0 unspecified atom stereocenters. The van der Waals surface area contributed by atoms with Gasteiger partial charge in [-0.05, 0) is 123 Å². The standard InChI is InChI=1S/C29H34BrN5O/c1-18-16-21(19-12-14-35(4)15-13-19)9-10-23(18)33-28-31-17-22(30)24(34-28)11-8-20-6-5-7-25-26(20)29(2,3)27(36)32-25/h5-7,9-10,16-17,19H,8,11-15H2,1-4H3,(H,32,36)(H,31,33,34). The van der Waals surface area contributed by atoms with E-state index in [4.69, 9.17) is 4.98 Å². The first-order valence-corrected chi connectivity index (χ1v) is 13.5. The highest BCUT2D eigenvalue weighted by atomic mass is 79.9. The minimum atomic E-state index is -0.529. The number of aromatic nitrogens is 2. The van der Waals surface area contributed by atoms with Gasteiger partial charge < -0.3 is 15.5 Å². The molecule has 1 fully saturated rings. The average Bonchev–Trinajstić information content (AvgIpc) is 3.09. The molecule has 6 nitrogen and oxygen atoms in total. The van der Waals surface area contributed by atoms with E-state index in [0.717, 1.165) is 53.0 Å². The molecule has 36 heavy (non-hydrogen) atoms. The number of carbonyl (C=O) groups excluding carboxylic acids is 1. The monoisotopic (exact) mass is 547 g/mol. The van der Waals surface area contributed by atoms with E-state index in [1.54, 1.807) is 0 Å². The smallest absolute Gasteiger partial charge is 0.234 e. The van der Waals surface area contributed by atoms with Gasteiger partial charge in [-0.2, -0.15) is 0 Å². The summed E-state index contributed by atoms with van der Waals surface area (Å²) in [4.78, 5) is 24.2. The summed E-state index contributed by atoms with van der Waals surface area (Å²) < 4.78 is 0.892. The number of rotatable bonds is 6. The number of nitrogens with one attached hydrogen (secondary N) is 2.